The van der Waals surface area contributed by atoms with E-state index >= 15 is 0 Å². The summed E-state index contributed by atoms with van der Waals surface area (Å²) in [6, 6.07) is 11.3. The van der Waals surface area contributed by atoms with E-state index in [1.807, 2.05) is 37.3 Å². The highest BCUT2D eigenvalue weighted by Crippen LogP contribution is 2.33. The van der Waals surface area contributed by atoms with Crippen molar-refractivity contribution >= 4 is 26.9 Å². The Bertz CT molecular complexity index is 1550. The van der Waals surface area contributed by atoms with E-state index in [1.165, 1.54) is 6.26 Å². The average Bonchev–Trinajstić information content (AvgIpc) is 3.45. The second-order valence-corrected chi connectivity index (χ2v) is 12.2. The Morgan fingerprint density at radius 2 is 1.94 bits per heavy atom. The van der Waals surface area contributed by atoms with Crippen molar-refractivity contribution in [3.05, 3.63) is 71.4 Å². The molecule has 1 saturated heterocycles. The summed E-state index contributed by atoms with van der Waals surface area (Å²) in [4.78, 5) is 17.4. The summed E-state index contributed by atoms with van der Waals surface area (Å²) in [6.07, 6.45) is 4.06. The van der Waals surface area contributed by atoms with Gasteiger partial charge < -0.3 is 14.8 Å². The van der Waals surface area contributed by atoms with E-state index in [-0.39, 0.29) is 23.1 Å². The lowest BCUT2D eigenvalue weighted by molar-refractivity contribution is 0.0787. The first-order valence-electron chi connectivity index (χ1n) is 11.8. The molecule has 0 bridgehead atoms. The Balaban J connectivity index is 1.44. The van der Waals surface area contributed by atoms with Gasteiger partial charge in [-0.15, -0.1) is 0 Å². The van der Waals surface area contributed by atoms with E-state index in [4.69, 9.17) is 4.42 Å². The summed E-state index contributed by atoms with van der Waals surface area (Å²) >= 11 is 0. The van der Waals surface area contributed by atoms with Gasteiger partial charge in [-0.1, -0.05) is 17.7 Å². The smallest absolute Gasteiger partial charge is 0.277 e. The summed E-state index contributed by atoms with van der Waals surface area (Å²) in [5, 5.41) is 18.3. The second kappa shape index (κ2) is 8.86. The number of hydrogen-bond donors (Lipinski definition) is 2. The second-order valence-electron chi connectivity index (χ2n) is 9.89. The SMILES string of the molecule is Cc1cccc(-c2nc(C(=O)Nc3cc4cc(C5CCS(=O)(=O)CC5)nn4cc3C(C)(C)O)co2)c1. The van der Waals surface area contributed by atoms with Crippen LogP contribution in [0, 0.1) is 6.92 Å². The number of oxazole rings is 1. The van der Waals surface area contributed by atoms with Gasteiger partial charge in [0.15, 0.2) is 5.69 Å². The van der Waals surface area contributed by atoms with Crippen molar-refractivity contribution in [3.63, 3.8) is 0 Å². The largest absolute Gasteiger partial charge is 0.444 e. The number of hydrogen-bond acceptors (Lipinski definition) is 7. The maximum absolute atomic E-state index is 13.1. The lowest BCUT2D eigenvalue weighted by atomic mass is 9.97. The van der Waals surface area contributed by atoms with Crippen molar-refractivity contribution in [3.8, 4) is 11.5 Å². The third kappa shape index (κ3) is 4.91. The molecular weight excluding hydrogens is 480 g/mol. The van der Waals surface area contributed by atoms with Crippen LogP contribution in [0.5, 0.6) is 0 Å². The summed E-state index contributed by atoms with van der Waals surface area (Å²) in [5.74, 6) is 0.238. The molecule has 1 amide bonds. The molecule has 0 saturated carbocycles. The van der Waals surface area contributed by atoms with Crippen LogP contribution < -0.4 is 5.32 Å². The van der Waals surface area contributed by atoms with E-state index in [0.29, 0.717) is 30.0 Å². The van der Waals surface area contributed by atoms with Gasteiger partial charge in [-0.25, -0.2) is 17.9 Å². The zero-order chi connectivity index (χ0) is 25.7. The molecule has 0 unspecified atom stereocenters. The van der Waals surface area contributed by atoms with E-state index < -0.39 is 21.3 Å². The Kier molecular flexibility index (Phi) is 5.96. The summed E-state index contributed by atoms with van der Waals surface area (Å²) in [6.45, 7) is 5.23. The summed E-state index contributed by atoms with van der Waals surface area (Å²) < 4.78 is 30.8. The average molecular weight is 509 g/mol. The van der Waals surface area contributed by atoms with Crippen molar-refractivity contribution in [1.29, 1.82) is 0 Å². The fraction of sp³-hybridized carbons (Fsp3) is 0.346. The zero-order valence-corrected chi connectivity index (χ0v) is 21.2. The highest BCUT2D eigenvalue weighted by Gasteiger charge is 2.28. The van der Waals surface area contributed by atoms with Crippen molar-refractivity contribution in [1.82, 2.24) is 14.6 Å². The number of anilines is 1. The predicted molar refractivity (Wildman–Crippen MR) is 136 cm³/mol. The van der Waals surface area contributed by atoms with Crippen LogP contribution in [-0.4, -0.2) is 45.5 Å². The number of nitrogens with zero attached hydrogens (tertiary/aromatic N) is 3. The molecule has 188 valence electrons. The predicted octanol–water partition coefficient (Wildman–Crippen LogP) is 4.07. The maximum Gasteiger partial charge on any atom is 0.277 e. The monoisotopic (exact) mass is 508 g/mol. The number of carbonyl (C=O) groups is 1. The van der Waals surface area contributed by atoms with Gasteiger partial charge >= 0.3 is 0 Å². The first-order valence-corrected chi connectivity index (χ1v) is 13.6. The Labute approximate surface area is 209 Å². The van der Waals surface area contributed by atoms with Gasteiger partial charge in [0.2, 0.25) is 5.89 Å². The number of amides is 1. The van der Waals surface area contributed by atoms with E-state index in [1.54, 1.807) is 30.6 Å². The lowest BCUT2D eigenvalue weighted by Crippen LogP contribution is -2.22. The van der Waals surface area contributed by atoms with Gasteiger partial charge in [0.05, 0.1) is 34.0 Å². The molecule has 2 N–H and O–H groups in total. The lowest BCUT2D eigenvalue weighted by Gasteiger charge is -2.22. The van der Waals surface area contributed by atoms with Crippen LogP contribution >= 0.6 is 0 Å². The molecule has 1 aliphatic rings. The molecule has 0 radical (unpaired) electrons. The number of carbonyl (C=O) groups excluding carboxylic acids is 1. The van der Waals surface area contributed by atoms with Crippen LogP contribution in [0.25, 0.3) is 17.0 Å². The zero-order valence-electron chi connectivity index (χ0n) is 20.4. The number of benzene rings is 1. The normalized spacial score (nSPS) is 16.3. The molecule has 5 rings (SSSR count). The van der Waals surface area contributed by atoms with Crippen LogP contribution in [0.1, 0.15) is 59.9 Å². The molecule has 3 aromatic heterocycles. The van der Waals surface area contributed by atoms with Gasteiger partial charge in [-0.3, -0.25) is 4.79 Å². The van der Waals surface area contributed by atoms with Gasteiger partial charge in [0.25, 0.3) is 5.91 Å². The van der Waals surface area contributed by atoms with Crippen molar-refractivity contribution in [2.24, 2.45) is 0 Å². The third-order valence-corrected chi connectivity index (χ3v) is 8.21. The molecule has 0 atom stereocenters. The third-order valence-electron chi connectivity index (χ3n) is 6.50. The van der Waals surface area contributed by atoms with Crippen LogP contribution in [-0.2, 0) is 15.4 Å². The molecule has 0 spiro atoms. The van der Waals surface area contributed by atoms with Gasteiger partial charge in [-0.05, 0) is 57.9 Å². The van der Waals surface area contributed by atoms with Crippen molar-refractivity contribution in [2.75, 3.05) is 16.8 Å². The van der Waals surface area contributed by atoms with E-state index in [0.717, 1.165) is 22.3 Å². The van der Waals surface area contributed by atoms with Crippen molar-refractivity contribution in [2.45, 2.75) is 45.1 Å². The molecule has 0 aliphatic carbocycles. The number of pyridine rings is 1. The fourth-order valence-electron chi connectivity index (χ4n) is 4.51. The molecule has 4 heterocycles. The Hall–Kier alpha value is -3.50. The minimum absolute atomic E-state index is 0.0484. The van der Waals surface area contributed by atoms with Crippen LogP contribution in [0.3, 0.4) is 0 Å². The summed E-state index contributed by atoms with van der Waals surface area (Å²) in [7, 11) is -2.97. The van der Waals surface area contributed by atoms with Gasteiger partial charge in [0.1, 0.15) is 16.1 Å². The first-order chi connectivity index (χ1) is 17.0. The number of aryl methyl sites for hydroxylation is 1. The number of aliphatic hydroxyl groups is 1. The standard InChI is InChI=1S/C26H28N4O5S/c1-16-5-4-6-18(11-16)25-28-23(15-35-25)24(31)27-22-13-19-12-21(17-7-9-36(33,34)10-8-17)29-30(19)14-20(22)26(2,3)32/h4-6,11-15,17,32H,7-10H2,1-3H3,(H,27,31). The number of nitrogens with one attached hydrogen (secondary N) is 1. The van der Waals surface area contributed by atoms with Gasteiger partial charge in [-0.2, -0.15) is 5.10 Å². The topological polar surface area (TPSA) is 127 Å². The number of rotatable bonds is 5. The number of aromatic nitrogens is 3. The minimum Gasteiger partial charge on any atom is -0.444 e. The quantitative estimate of drug-likeness (QED) is 0.416. The number of sulfone groups is 1. The first kappa shape index (κ1) is 24.2. The van der Waals surface area contributed by atoms with E-state index in [2.05, 4.69) is 15.4 Å². The highest BCUT2D eigenvalue weighted by molar-refractivity contribution is 7.91. The molecule has 1 fully saturated rings. The molecule has 10 heteroatoms. The van der Waals surface area contributed by atoms with E-state index in [9.17, 15) is 18.3 Å². The van der Waals surface area contributed by atoms with Crippen molar-refractivity contribution < 1.29 is 22.7 Å². The summed E-state index contributed by atoms with van der Waals surface area (Å²) in [5.41, 5.74) is 3.11. The van der Waals surface area contributed by atoms with Crippen LogP contribution in [0.2, 0.25) is 0 Å². The molecule has 1 aliphatic heterocycles. The molecule has 36 heavy (non-hydrogen) atoms. The van der Waals surface area contributed by atoms with Crippen LogP contribution in [0.4, 0.5) is 5.69 Å². The molecule has 4 aromatic rings. The van der Waals surface area contributed by atoms with Crippen LogP contribution in [0.15, 0.2) is 53.3 Å². The molecule has 1 aromatic carbocycles. The minimum atomic E-state index is -2.97. The highest BCUT2D eigenvalue weighted by atomic mass is 32.2. The molecule has 9 nitrogen and oxygen atoms in total. The maximum atomic E-state index is 13.1. The van der Waals surface area contributed by atoms with Gasteiger partial charge in [0, 0.05) is 23.2 Å². The number of fused-ring (bicyclic) bond motifs is 1. The Morgan fingerprint density at radius 3 is 2.64 bits per heavy atom. The molecular formula is C26H28N4O5S. The Morgan fingerprint density at radius 1 is 1.19 bits per heavy atom. The fourth-order valence-corrected chi connectivity index (χ4v) is 6.00.